The molecule has 0 bridgehead atoms. The molecule has 1 unspecified atom stereocenters. The summed E-state index contributed by atoms with van der Waals surface area (Å²) in [7, 11) is 0. The topological polar surface area (TPSA) is 81.0 Å². The fourth-order valence-electron chi connectivity index (χ4n) is 2.53. The number of benzene rings is 1. The minimum Gasteiger partial charge on any atom is -0.361 e. The van der Waals surface area contributed by atoms with Crippen LogP contribution in [-0.4, -0.2) is 14.9 Å². The van der Waals surface area contributed by atoms with Crippen LogP contribution in [0.4, 0.5) is 11.5 Å². The number of pyridine rings is 2. The quantitative estimate of drug-likeness (QED) is 0.542. The highest BCUT2D eigenvalue weighted by molar-refractivity contribution is 5.42. The fourth-order valence-corrected chi connectivity index (χ4v) is 2.53. The van der Waals surface area contributed by atoms with Gasteiger partial charge < -0.3 is 5.32 Å². The van der Waals surface area contributed by atoms with Gasteiger partial charge in [-0.1, -0.05) is 35.9 Å². The van der Waals surface area contributed by atoms with E-state index in [2.05, 4.69) is 46.5 Å². The Labute approximate surface area is 145 Å². The molecule has 0 aliphatic rings. The second-order valence-electron chi connectivity index (χ2n) is 5.80. The van der Waals surface area contributed by atoms with Gasteiger partial charge in [0.2, 0.25) is 0 Å². The Balaban J connectivity index is 1.83. The van der Waals surface area contributed by atoms with Crippen LogP contribution in [0, 0.1) is 17.0 Å². The molecule has 2 aromatic heterocycles. The number of hydrogen-bond donors (Lipinski definition) is 1. The molecule has 0 aliphatic heterocycles. The highest BCUT2D eigenvalue weighted by Gasteiger charge is 2.15. The van der Waals surface area contributed by atoms with Crippen LogP contribution in [0.15, 0.2) is 67.0 Å². The molecule has 0 saturated heterocycles. The van der Waals surface area contributed by atoms with Crippen molar-refractivity contribution in [3.8, 4) is 0 Å². The summed E-state index contributed by atoms with van der Waals surface area (Å²) in [4.78, 5) is 18.9. The van der Waals surface area contributed by atoms with E-state index in [9.17, 15) is 10.1 Å². The molecule has 1 N–H and O–H groups in total. The highest BCUT2D eigenvalue weighted by atomic mass is 16.6. The molecule has 126 valence electrons. The zero-order chi connectivity index (χ0) is 17.6. The maximum absolute atomic E-state index is 10.8. The monoisotopic (exact) mass is 334 g/mol. The normalized spacial score (nSPS) is 11.7. The SMILES string of the molecule is Cc1ccc(CC(Nc2ccc([N+](=O)[O-])cn2)c2ccccn2)cc1. The summed E-state index contributed by atoms with van der Waals surface area (Å²) in [5.41, 5.74) is 3.25. The van der Waals surface area contributed by atoms with Crippen molar-refractivity contribution in [2.45, 2.75) is 19.4 Å². The molecule has 3 rings (SSSR count). The van der Waals surface area contributed by atoms with Crippen molar-refractivity contribution in [3.05, 3.63) is 93.9 Å². The number of aromatic nitrogens is 2. The lowest BCUT2D eigenvalue weighted by Gasteiger charge is -2.19. The van der Waals surface area contributed by atoms with Crippen molar-refractivity contribution in [2.24, 2.45) is 0 Å². The molecule has 6 nitrogen and oxygen atoms in total. The van der Waals surface area contributed by atoms with Gasteiger partial charge in [-0.3, -0.25) is 15.1 Å². The fraction of sp³-hybridized carbons (Fsp3) is 0.158. The van der Waals surface area contributed by atoms with E-state index in [1.807, 2.05) is 18.2 Å². The van der Waals surface area contributed by atoms with Crippen LogP contribution >= 0.6 is 0 Å². The van der Waals surface area contributed by atoms with Crippen LogP contribution in [0.5, 0.6) is 0 Å². The molecule has 3 aromatic rings. The summed E-state index contributed by atoms with van der Waals surface area (Å²) in [5, 5.41) is 14.1. The molecular weight excluding hydrogens is 316 g/mol. The molecule has 6 heteroatoms. The number of rotatable bonds is 6. The van der Waals surface area contributed by atoms with Crippen molar-refractivity contribution in [1.29, 1.82) is 0 Å². The average molecular weight is 334 g/mol. The Kier molecular flexibility index (Phi) is 4.99. The van der Waals surface area contributed by atoms with Crippen molar-refractivity contribution >= 4 is 11.5 Å². The van der Waals surface area contributed by atoms with Gasteiger partial charge >= 0.3 is 0 Å². The molecule has 0 amide bonds. The molecule has 0 radical (unpaired) electrons. The Hall–Kier alpha value is -3.28. The Morgan fingerprint density at radius 2 is 1.88 bits per heavy atom. The second kappa shape index (κ2) is 7.53. The number of nitrogens with zero attached hydrogens (tertiary/aromatic N) is 3. The molecule has 0 saturated carbocycles. The van der Waals surface area contributed by atoms with Crippen LogP contribution in [-0.2, 0) is 6.42 Å². The number of anilines is 1. The summed E-state index contributed by atoms with van der Waals surface area (Å²) in [6.45, 7) is 2.05. The maximum Gasteiger partial charge on any atom is 0.287 e. The molecular formula is C19H18N4O2. The van der Waals surface area contributed by atoms with Crippen LogP contribution < -0.4 is 5.32 Å². The minimum absolute atomic E-state index is 0.0292. The summed E-state index contributed by atoms with van der Waals surface area (Å²) >= 11 is 0. The van der Waals surface area contributed by atoms with E-state index in [1.54, 1.807) is 12.3 Å². The largest absolute Gasteiger partial charge is 0.361 e. The van der Waals surface area contributed by atoms with Gasteiger partial charge in [0.1, 0.15) is 12.0 Å². The Morgan fingerprint density at radius 3 is 2.48 bits per heavy atom. The van der Waals surface area contributed by atoms with Gasteiger partial charge in [-0.25, -0.2) is 4.98 Å². The zero-order valence-electron chi connectivity index (χ0n) is 13.8. The molecule has 2 heterocycles. The standard InChI is InChI=1S/C19H18N4O2/c1-14-5-7-15(8-6-14)12-18(17-4-2-3-11-20-17)22-19-10-9-16(13-21-19)23(24)25/h2-11,13,18H,12H2,1H3,(H,21,22). The predicted molar refractivity (Wildman–Crippen MR) is 96.4 cm³/mol. The Bertz CT molecular complexity index is 834. The van der Waals surface area contributed by atoms with Gasteiger partial charge in [-0.05, 0) is 37.1 Å². The van der Waals surface area contributed by atoms with Gasteiger partial charge in [0, 0.05) is 12.3 Å². The van der Waals surface area contributed by atoms with Gasteiger partial charge in [0.25, 0.3) is 5.69 Å². The van der Waals surface area contributed by atoms with Gasteiger partial charge in [0.15, 0.2) is 0 Å². The second-order valence-corrected chi connectivity index (χ2v) is 5.80. The average Bonchev–Trinajstić information content (AvgIpc) is 2.64. The third-order valence-electron chi connectivity index (χ3n) is 3.89. The van der Waals surface area contributed by atoms with Crippen LogP contribution in [0.3, 0.4) is 0 Å². The minimum atomic E-state index is -0.459. The first-order chi connectivity index (χ1) is 12.1. The van der Waals surface area contributed by atoms with Gasteiger partial charge in [0.05, 0.1) is 16.7 Å². The van der Waals surface area contributed by atoms with Crippen LogP contribution in [0.25, 0.3) is 0 Å². The lowest BCUT2D eigenvalue weighted by Crippen LogP contribution is -2.16. The molecule has 25 heavy (non-hydrogen) atoms. The lowest BCUT2D eigenvalue weighted by atomic mass is 10.0. The molecule has 0 aliphatic carbocycles. The van der Waals surface area contributed by atoms with Crippen molar-refractivity contribution < 1.29 is 4.92 Å². The summed E-state index contributed by atoms with van der Waals surface area (Å²) in [6, 6.07) is 17.1. The Morgan fingerprint density at radius 1 is 1.08 bits per heavy atom. The third-order valence-corrected chi connectivity index (χ3v) is 3.89. The first-order valence-electron chi connectivity index (χ1n) is 7.95. The zero-order valence-corrected chi connectivity index (χ0v) is 13.8. The number of hydrogen-bond acceptors (Lipinski definition) is 5. The molecule has 0 spiro atoms. The maximum atomic E-state index is 10.8. The van der Waals surface area contributed by atoms with E-state index >= 15 is 0 Å². The highest BCUT2D eigenvalue weighted by Crippen LogP contribution is 2.22. The number of nitro groups is 1. The van der Waals surface area contributed by atoms with Crippen LogP contribution in [0.2, 0.25) is 0 Å². The van der Waals surface area contributed by atoms with Crippen molar-refractivity contribution in [3.63, 3.8) is 0 Å². The molecule has 0 fully saturated rings. The van der Waals surface area contributed by atoms with Crippen molar-refractivity contribution in [1.82, 2.24) is 9.97 Å². The predicted octanol–water partition coefficient (Wildman–Crippen LogP) is 4.09. The number of aryl methyl sites for hydroxylation is 1. The van der Waals surface area contributed by atoms with Crippen molar-refractivity contribution in [2.75, 3.05) is 5.32 Å². The first kappa shape index (κ1) is 16.6. The molecule has 1 aromatic carbocycles. The van der Waals surface area contributed by atoms with Gasteiger partial charge in [-0.2, -0.15) is 0 Å². The van der Waals surface area contributed by atoms with E-state index in [1.165, 1.54) is 23.4 Å². The third kappa shape index (κ3) is 4.38. The summed E-state index contributed by atoms with van der Waals surface area (Å²) in [5.74, 6) is 0.577. The lowest BCUT2D eigenvalue weighted by molar-refractivity contribution is -0.385. The van der Waals surface area contributed by atoms with E-state index in [4.69, 9.17) is 0 Å². The molecule has 1 atom stereocenters. The van der Waals surface area contributed by atoms with E-state index < -0.39 is 4.92 Å². The van der Waals surface area contributed by atoms with E-state index in [0.717, 1.165) is 12.1 Å². The van der Waals surface area contributed by atoms with Gasteiger partial charge in [-0.15, -0.1) is 0 Å². The van der Waals surface area contributed by atoms with E-state index in [0.29, 0.717) is 5.82 Å². The smallest absolute Gasteiger partial charge is 0.287 e. The summed E-state index contributed by atoms with van der Waals surface area (Å²) < 4.78 is 0. The first-order valence-corrected chi connectivity index (χ1v) is 7.95. The van der Waals surface area contributed by atoms with Crippen LogP contribution in [0.1, 0.15) is 22.9 Å². The van der Waals surface area contributed by atoms with E-state index in [-0.39, 0.29) is 11.7 Å². The number of nitrogens with one attached hydrogen (secondary N) is 1. The summed E-state index contributed by atoms with van der Waals surface area (Å²) in [6.07, 6.45) is 3.74.